The molecule has 3 rings (SSSR count). The van der Waals surface area contributed by atoms with Gasteiger partial charge in [0, 0.05) is 16.8 Å². The van der Waals surface area contributed by atoms with Crippen LogP contribution in [-0.4, -0.2) is 32.3 Å². The van der Waals surface area contributed by atoms with E-state index in [9.17, 15) is 18.3 Å². The van der Waals surface area contributed by atoms with Gasteiger partial charge in [0.05, 0.1) is 18.6 Å². The SMILES string of the molecule is CCOc1cc(C(=O)Nc2ccc(O)c(NS(C)(=O)=O)c2)ccc1-c1ccccc1. The lowest BCUT2D eigenvalue weighted by Gasteiger charge is -2.13. The van der Waals surface area contributed by atoms with E-state index in [1.165, 1.54) is 18.2 Å². The molecule has 0 fully saturated rings. The van der Waals surface area contributed by atoms with Gasteiger partial charge in [-0.2, -0.15) is 0 Å². The first-order chi connectivity index (χ1) is 14.3. The Morgan fingerprint density at radius 3 is 2.43 bits per heavy atom. The van der Waals surface area contributed by atoms with Gasteiger partial charge in [-0.05, 0) is 48.9 Å². The van der Waals surface area contributed by atoms with Crippen LogP contribution in [0.5, 0.6) is 11.5 Å². The minimum absolute atomic E-state index is 0.0234. The molecule has 0 heterocycles. The second-order valence-corrected chi connectivity index (χ2v) is 8.32. The van der Waals surface area contributed by atoms with E-state index in [0.717, 1.165) is 17.4 Å². The third kappa shape index (κ3) is 5.30. The van der Waals surface area contributed by atoms with Crippen LogP contribution in [0.25, 0.3) is 11.1 Å². The standard InChI is InChI=1S/C22H22N2O5S/c1-3-29-21-13-16(9-11-18(21)15-7-5-4-6-8-15)22(26)23-17-10-12-20(25)19(14-17)24-30(2,27)28/h4-14,24-25H,3H2,1-2H3,(H,23,26). The topological polar surface area (TPSA) is 105 Å². The number of aromatic hydroxyl groups is 1. The number of phenolic OH excluding ortho intramolecular Hbond substituents is 1. The zero-order valence-electron chi connectivity index (χ0n) is 16.5. The molecule has 0 saturated carbocycles. The average molecular weight is 426 g/mol. The number of nitrogens with one attached hydrogen (secondary N) is 2. The van der Waals surface area contributed by atoms with Crippen LogP contribution in [0.4, 0.5) is 11.4 Å². The minimum atomic E-state index is -3.58. The molecule has 0 spiro atoms. The quantitative estimate of drug-likeness (QED) is 0.390. The smallest absolute Gasteiger partial charge is 0.255 e. The van der Waals surface area contributed by atoms with Gasteiger partial charge in [0.2, 0.25) is 10.0 Å². The molecule has 0 atom stereocenters. The van der Waals surface area contributed by atoms with Crippen molar-refractivity contribution >= 4 is 27.3 Å². The van der Waals surface area contributed by atoms with Crippen molar-refractivity contribution in [3.8, 4) is 22.6 Å². The molecule has 0 aromatic heterocycles. The van der Waals surface area contributed by atoms with Gasteiger partial charge in [-0.1, -0.05) is 30.3 Å². The van der Waals surface area contributed by atoms with E-state index in [2.05, 4.69) is 10.0 Å². The van der Waals surface area contributed by atoms with Crippen molar-refractivity contribution in [1.82, 2.24) is 0 Å². The number of rotatable bonds is 7. The number of amides is 1. The Kier molecular flexibility index (Phi) is 6.27. The lowest BCUT2D eigenvalue weighted by Crippen LogP contribution is -2.13. The largest absolute Gasteiger partial charge is 0.506 e. The molecule has 0 unspecified atom stereocenters. The molecule has 0 bridgehead atoms. The summed E-state index contributed by atoms with van der Waals surface area (Å²) in [7, 11) is -3.58. The summed E-state index contributed by atoms with van der Waals surface area (Å²) >= 11 is 0. The molecule has 0 aliphatic carbocycles. The Hall–Kier alpha value is -3.52. The number of anilines is 2. The van der Waals surface area contributed by atoms with Crippen molar-refractivity contribution in [2.75, 3.05) is 22.9 Å². The maximum Gasteiger partial charge on any atom is 0.255 e. The van der Waals surface area contributed by atoms with Gasteiger partial charge in [-0.3, -0.25) is 9.52 Å². The number of carbonyl (C=O) groups is 1. The van der Waals surface area contributed by atoms with E-state index in [0.29, 0.717) is 23.6 Å². The Labute approximate surface area is 175 Å². The summed E-state index contributed by atoms with van der Waals surface area (Å²) in [5.74, 6) is -0.0580. The summed E-state index contributed by atoms with van der Waals surface area (Å²) in [5, 5.41) is 12.5. The van der Waals surface area contributed by atoms with Gasteiger partial charge in [-0.25, -0.2) is 8.42 Å². The first-order valence-corrected chi connectivity index (χ1v) is 11.1. The molecule has 30 heavy (non-hydrogen) atoms. The summed E-state index contributed by atoms with van der Waals surface area (Å²) < 4.78 is 30.8. The molecule has 8 heteroatoms. The van der Waals surface area contributed by atoms with Crippen LogP contribution in [0, 0.1) is 0 Å². The highest BCUT2D eigenvalue weighted by Gasteiger charge is 2.14. The first kappa shape index (κ1) is 21.2. The third-order valence-corrected chi connectivity index (χ3v) is 4.77. The monoisotopic (exact) mass is 426 g/mol. The van der Waals surface area contributed by atoms with Crippen molar-refractivity contribution in [1.29, 1.82) is 0 Å². The predicted octanol–water partition coefficient (Wildman–Crippen LogP) is 4.08. The summed E-state index contributed by atoms with van der Waals surface area (Å²) in [6.07, 6.45) is 0.973. The molecular formula is C22H22N2O5S. The minimum Gasteiger partial charge on any atom is -0.506 e. The van der Waals surface area contributed by atoms with Gasteiger partial charge >= 0.3 is 0 Å². The molecule has 7 nitrogen and oxygen atoms in total. The molecule has 0 aliphatic rings. The number of phenols is 1. The number of sulfonamides is 1. The number of ether oxygens (including phenoxy) is 1. The van der Waals surface area contributed by atoms with E-state index < -0.39 is 15.9 Å². The summed E-state index contributed by atoms with van der Waals surface area (Å²) in [6.45, 7) is 2.32. The maximum atomic E-state index is 12.7. The fraction of sp³-hybridized carbons (Fsp3) is 0.136. The fourth-order valence-electron chi connectivity index (χ4n) is 2.89. The second kappa shape index (κ2) is 8.87. The molecule has 156 valence electrons. The van der Waals surface area contributed by atoms with Crippen LogP contribution in [0.15, 0.2) is 66.7 Å². The highest BCUT2D eigenvalue weighted by molar-refractivity contribution is 7.92. The highest BCUT2D eigenvalue weighted by Crippen LogP contribution is 2.32. The van der Waals surface area contributed by atoms with Crippen LogP contribution in [-0.2, 0) is 10.0 Å². The Morgan fingerprint density at radius 1 is 1.03 bits per heavy atom. The normalized spacial score (nSPS) is 11.0. The third-order valence-electron chi connectivity index (χ3n) is 4.18. The number of hydrogen-bond acceptors (Lipinski definition) is 5. The van der Waals surface area contributed by atoms with Crippen LogP contribution in [0.2, 0.25) is 0 Å². The van der Waals surface area contributed by atoms with Crippen molar-refractivity contribution in [2.45, 2.75) is 6.92 Å². The van der Waals surface area contributed by atoms with E-state index in [1.807, 2.05) is 43.3 Å². The van der Waals surface area contributed by atoms with Crippen molar-refractivity contribution in [2.24, 2.45) is 0 Å². The number of benzene rings is 3. The van der Waals surface area contributed by atoms with E-state index in [4.69, 9.17) is 4.74 Å². The molecule has 3 aromatic carbocycles. The highest BCUT2D eigenvalue weighted by atomic mass is 32.2. The molecule has 0 saturated heterocycles. The second-order valence-electron chi connectivity index (χ2n) is 6.57. The zero-order chi connectivity index (χ0) is 21.7. The zero-order valence-corrected chi connectivity index (χ0v) is 17.4. The fourth-order valence-corrected chi connectivity index (χ4v) is 3.46. The Morgan fingerprint density at radius 2 is 1.77 bits per heavy atom. The summed E-state index contributed by atoms with van der Waals surface area (Å²) in [4.78, 5) is 12.7. The van der Waals surface area contributed by atoms with Crippen molar-refractivity contribution < 1.29 is 23.1 Å². The number of carbonyl (C=O) groups excluding carboxylic acids is 1. The van der Waals surface area contributed by atoms with E-state index >= 15 is 0 Å². The molecular weight excluding hydrogens is 404 g/mol. The first-order valence-electron chi connectivity index (χ1n) is 9.21. The maximum absolute atomic E-state index is 12.7. The summed E-state index contributed by atoms with van der Waals surface area (Å²) in [5.41, 5.74) is 2.53. The van der Waals surface area contributed by atoms with Gasteiger partial charge < -0.3 is 15.2 Å². The van der Waals surface area contributed by atoms with Crippen LogP contribution in [0.3, 0.4) is 0 Å². The van der Waals surface area contributed by atoms with Crippen LogP contribution < -0.4 is 14.8 Å². The molecule has 0 aliphatic heterocycles. The van der Waals surface area contributed by atoms with Crippen molar-refractivity contribution in [3.63, 3.8) is 0 Å². The van der Waals surface area contributed by atoms with Gasteiger partial charge in [-0.15, -0.1) is 0 Å². The molecule has 0 radical (unpaired) electrons. The number of hydrogen-bond donors (Lipinski definition) is 3. The molecule has 3 N–H and O–H groups in total. The van der Waals surface area contributed by atoms with Crippen molar-refractivity contribution in [3.05, 3.63) is 72.3 Å². The van der Waals surface area contributed by atoms with Crippen LogP contribution in [0.1, 0.15) is 17.3 Å². The predicted molar refractivity (Wildman–Crippen MR) is 118 cm³/mol. The van der Waals surface area contributed by atoms with Gasteiger partial charge in [0.15, 0.2) is 0 Å². The lowest BCUT2D eigenvalue weighted by molar-refractivity contribution is 0.102. The summed E-state index contributed by atoms with van der Waals surface area (Å²) in [6, 6.07) is 19.0. The lowest BCUT2D eigenvalue weighted by atomic mass is 10.0. The van der Waals surface area contributed by atoms with Gasteiger partial charge in [0.25, 0.3) is 5.91 Å². The molecule has 1 amide bonds. The van der Waals surface area contributed by atoms with Gasteiger partial charge in [0.1, 0.15) is 11.5 Å². The average Bonchev–Trinajstić information content (AvgIpc) is 2.70. The van der Waals surface area contributed by atoms with E-state index in [-0.39, 0.29) is 11.4 Å². The van der Waals surface area contributed by atoms with Crippen LogP contribution >= 0.6 is 0 Å². The molecule has 3 aromatic rings. The Balaban J connectivity index is 1.87. The Bertz CT molecular complexity index is 1160. The van der Waals surface area contributed by atoms with E-state index in [1.54, 1.807) is 12.1 Å².